The summed E-state index contributed by atoms with van der Waals surface area (Å²) in [4.78, 5) is 2.32. The summed E-state index contributed by atoms with van der Waals surface area (Å²) in [6.07, 6.45) is 1.05. The standard InChI is InChI=1S/C17H30N2O/c1-14-8-9-16(19(5)10-7-11-20-6)15(12-14)13-18-17(2,3)4/h8-9,12,18H,7,10-11,13H2,1-6H3. The number of methoxy groups -OCH3 is 1. The van der Waals surface area contributed by atoms with Gasteiger partial charge in [0.15, 0.2) is 0 Å². The van der Waals surface area contributed by atoms with E-state index in [4.69, 9.17) is 4.74 Å². The van der Waals surface area contributed by atoms with Crippen molar-refractivity contribution in [2.45, 2.75) is 46.2 Å². The molecule has 20 heavy (non-hydrogen) atoms. The molecule has 0 aliphatic carbocycles. The minimum absolute atomic E-state index is 0.135. The molecule has 3 heteroatoms. The minimum Gasteiger partial charge on any atom is -0.385 e. The van der Waals surface area contributed by atoms with E-state index in [2.05, 4.69) is 63.2 Å². The lowest BCUT2D eigenvalue weighted by Crippen LogP contribution is -2.35. The van der Waals surface area contributed by atoms with Gasteiger partial charge in [-0.1, -0.05) is 17.7 Å². The molecule has 3 nitrogen and oxygen atoms in total. The van der Waals surface area contributed by atoms with Gasteiger partial charge >= 0.3 is 0 Å². The molecule has 0 amide bonds. The number of hydrogen-bond donors (Lipinski definition) is 1. The molecule has 0 aliphatic heterocycles. The molecule has 114 valence electrons. The number of aryl methyl sites for hydroxylation is 1. The minimum atomic E-state index is 0.135. The van der Waals surface area contributed by atoms with Crippen LogP contribution < -0.4 is 10.2 Å². The van der Waals surface area contributed by atoms with Gasteiger partial charge in [0.2, 0.25) is 0 Å². The first-order chi connectivity index (χ1) is 9.33. The maximum absolute atomic E-state index is 5.13. The predicted octanol–water partition coefficient (Wildman–Crippen LogP) is 3.36. The zero-order chi connectivity index (χ0) is 15.2. The van der Waals surface area contributed by atoms with Crippen molar-refractivity contribution in [1.29, 1.82) is 0 Å². The number of rotatable bonds is 7. The van der Waals surface area contributed by atoms with Crippen LogP contribution in [-0.4, -0.2) is 32.8 Å². The maximum Gasteiger partial charge on any atom is 0.0479 e. The summed E-state index contributed by atoms with van der Waals surface area (Å²) in [5.74, 6) is 0. The highest BCUT2D eigenvalue weighted by Gasteiger charge is 2.12. The average molecular weight is 278 g/mol. The van der Waals surface area contributed by atoms with Crippen molar-refractivity contribution in [2.24, 2.45) is 0 Å². The van der Waals surface area contributed by atoms with E-state index in [1.807, 2.05) is 0 Å². The van der Waals surface area contributed by atoms with Gasteiger partial charge in [0.25, 0.3) is 0 Å². The molecule has 0 fully saturated rings. The average Bonchev–Trinajstić information content (AvgIpc) is 2.35. The highest BCUT2D eigenvalue weighted by Crippen LogP contribution is 2.22. The molecule has 0 saturated heterocycles. The number of nitrogens with zero attached hydrogens (tertiary/aromatic N) is 1. The molecule has 0 atom stereocenters. The van der Waals surface area contributed by atoms with E-state index in [1.54, 1.807) is 7.11 Å². The zero-order valence-corrected chi connectivity index (χ0v) is 13.9. The fraction of sp³-hybridized carbons (Fsp3) is 0.647. The fourth-order valence-electron chi connectivity index (χ4n) is 2.16. The van der Waals surface area contributed by atoms with Gasteiger partial charge in [-0.05, 0) is 45.7 Å². The lowest BCUT2D eigenvalue weighted by Gasteiger charge is -2.26. The molecular formula is C17H30N2O. The van der Waals surface area contributed by atoms with E-state index in [-0.39, 0.29) is 5.54 Å². The summed E-state index contributed by atoms with van der Waals surface area (Å²) in [5, 5.41) is 3.58. The number of hydrogen-bond acceptors (Lipinski definition) is 3. The van der Waals surface area contributed by atoms with E-state index < -0.39 is 0 Å². The predicted molar refractivity (Wildman–Crippen MR) is 87.5 cm³/mol. The summed E-state index contributed by atoms with van der Waals surface area (Å²) in [7, 11) is 3.91. The molecule has 0 unspecified atom stereocenters. The van der Waals surface area contributed by atoms with Crippen molar-refractivity contribution in [3.8, 4) is 0 Å². The fourth-order valence-corrected chi connectivity index (χ4v) is 2.16. The largest absolute Gasteiger partial charge is 0.385 e. The first-order valence-electron chi connectivity index (χ1n) is 7.38. The SMILES string of the molecule is COCCCN(C)c1ccc(C)cc1CNC(C)(C)C. The van der Waals surface area contributed by atoms with Crippen LogP contribution in [0.3, 0.4) is 0 Å². The number of nitrogens with one attached hydrogen (secondary N) is 1. The van der Waals surface area contributed by atoms with Crippen LogP contribution in [0.25, 0.3) is 0 Å². The Balaban J connectivity index is 2.78. The van der Waals surface area contributed by atoms with Crippen LogP contribution in [0.15, 0.2) is 18.2 Å². The highest BCUT2D eigenvalue weighted by molar-refractivity contribution is 5.54. The zero-order valence-electron chi connectivity index (χ0n) is 13.9. The molecule has 1 aromatic carbocycles. The first-order valence-corrected chi connectivity index (χ1v) is 7.38. The van der Waals surface area contributed by atoms with Gasteiger partial charge in [0, 0.05) is 45.1 Å². The topological polar surface area (TPSA) is 24.5 Å². The summed E-state index contributed by atoms with van der Waals surface area (Å²) in [5.41, 5.74) is 4.11. The molecule has 1 aromatic rings. The number of benzene rings is 1. The van der Waals surface area contributed by atoms with E-state index in [0.717, 1.165) is 26.1 Å². The maximum atomic E-state index is 5.13. The molecule has 0 saturated carbocycles. The van der Waals surface area contributed by atoms with Crippen LogP contribution in [0, 0.1) is 6.92 Å². The normalized spacial score (nSPS) is 11.7. The van der Waals surface area contributed by atoms with Gasteiger partial charge in [-0.2, -0.15) is 0 Å². The summed E-state index contributed by atoms with van der Waals surface area (Å²) in [6, 6.07) is 6.69. The Bertz CT molecular complexity index is 410. The van der Waals surface area contributed by atoms with Crippen molar-refractivity contribution in [3.05, 3.63) is 29.3 Å². The van der Waals surface area contributed by atoms with Gasteiger partial charge in [-0.3, -0.25) is 0 Å². The molecule has 0 aromatic heterocycles. The quantitative estimate of drug-likeness (QED) is 0.774. The van der Waals surface area contributed by atoms with Gasteiger partial charge in [0.1, 0.15) is 0 Å². The molecule has 1 rings (SSSR count). The Morgan fingerprint density at radius 3 is 2.55 bits per heavy atom. The van der Waals surface area contributed by atoms with Crippen LogP contribution in [0.4, 0.5) is 5.69 Å². The lowest BCUT2D eigenvalue weighted by atomic mass is 10.1. The molecule has 0 heterocycles. The van der Waals surface area contributed by atoms with Gasteiger partial charge in [0.05, 0.1) is 0 Å². The van der Waals surface area contributed by atoms with Crippen LogP contribution in [0.5, 0.6) is 0 Å². The van der Waals surface area contributed by atoms with Crippen molar-refractivity contribution in [3.63, 3.8) is 0 Å². The molecule has 0 bridgehead atoms. The van der Waals surface area contributed by atoms with E-state index in [1.165, 1.54) is 16.8 Å². The Kier molecular flexibility index (Phi) is 6.50. The third-order valence-corrected chi connectivity index (χ3v) is 3.30. The Morgan fingerprint density at radius 2 is 1.95 bits per heavy atom. The van der Waals surface area contributed by atoms with Crippen LogP contribution in [0.2, 0.25) is 0 Å². The van der Waals surface area contributed by atoms with Crippen molar-refractivity contribution in [2.75, 3.05) is 32.2 Å². The summed E-state index contributed by atoms with van der Waals surface area (Å²) < 4.78 is 5.13. The molecule has 0 radical (unpaired) electrons. The van der Waals surface area contributed by atoms with Crippen molar-refractivity contribution in [1.82, 2.24) is 5.32 Å². The van der Waals surface area contributed by atoms with E-state index in [0.29, 0.717) is 0 Å². The second kappa shape index (κ2) is 7.65. The number of ether oxygens (including phenoxy) is 1. The van der Waals surface area contributed by atoms with Crippen molar-refractivity contribution >= 4 is 5.69 Å². The Labute approximate surface area is 124 Å². The molecule has 1 N–H and O–H groups in total. The van der Waals surface area contributed by atoms with E-state index in [9.17, 15) is 0 Å². The highest BCUT2D eigenvalue weighted by atomic mass is 16.5. The monoisotopic (exact) mass is 278 g/mol. The Hall–Kier alpha value is -1.06. The second-order valence-corrected chi connectivity index (χ2v) is 6.50. The van der Waals surface area contributed by atoms with Crippen LogP contribution in [0.1, 0.15) is 38.3 Å². The molecule has 0 spiro atoms. The van der Waals surface area contributed by atoms with Gasteiger partial charge < -0.3 is 15.0 Å². The first kappa shape index (κ1) is 17.0. The van der Waals surface area contributed by atoms with Gasteiger partial charge in [-0.25, -0.2) is 0 Å². The summed E-state index contributed by atoms with van der Waals surface area (Å²) in [6.45, 7) is 11.5. The smallest absolute Gasteiger partial charge is 0.0479 e. The van der Waals surface area contributed by atoms with Crippen molar-refractivity contribution < 1.29 is 4.74 Å². The lowest BCUT2D eigenvalue weighted by molar-refractivity contribution is 0.196. The molecular weight excluding hydrogens is 248 g/mol. The summed E-state index contributed by atoms with van der Waals surface area (Å²) >= 11 is 0. The molecule has 0 aliphatic rings. The second-order valence-electron chi connectivity index (χ2n) is 6.50. The third-order valence-electron chi connectivity index (χ3n) is 3.30. The van der Waals surface area contributed by atoms with Crippen LogP contribution in [-0.2, 0) is 11.3 Å². The Morgan fingerprint density at radius 1 is 1.25 bits per heavy atom. The van der Waals surface area contributed by atoms with E-state index >= 15 is 0 Å². The third kappa shape index (κ3) is 5.93. The van der Waals surface area contributed by atoms with Crippen LogP contribution >= 0.6 is 0 Å². The number of anilines is 1. The van der Waals surface area contributed by atoms with Gasteiger partial charge in [-0.15, -0.1) is 0 Å².